The third kappa shape index (κ3) is 5.82. The van der Waals surface area contributed by atoms with Gasteiger partial charge < -0.3 is 9.64 Å². The molecule has 1 amide bonds. The lowest BCUT2D eigenvalue weighted by Crippen LogP contribution is -2.41. The van der Waals surface area contributed by atoms with E-state index in [0.29, 0.717) is 30.6 Å². The van der Waals surface area contributed by atoms with Crippen LogP contribution in [0.1, 0.15) is 63.5 Å². The summed E-state index contributed by atoms with van der Waals surface area (Å²) < 4.78 is 32.3. The normalized spacial score (nSPS) is 18.4. The van der Waals surface area contributed by atoms with E-state index in [0.717, 1.165) is 42.5 Å². The lowest BCUT2D eigenvalue weighted by atomic mass is 9.87. The van der Waals surface area contributed by atoms with Gasteiger partial charge in [-0.1, -0.05) is 11.6 Å². The van der Waals surface area contributed by atoms with Crippen molar-refractivity contribution in [3.63, 3.8) is 0 Å². The van der Waals surface area contributed by atoms with Crippen molar-refractivity contribution in [2.45, 2.75) is 64.9 Å². The molecule has 1 saturated heterocycles. The summed E-state index contributed by atoms with van der Waals surface area (Å²) in [6, 6.07) is 3.83. The highest BCUT2D eigenvalue weighted by molar-refractivity contribution is 7.92. The van der Waals surface area contributed by atoms with Crippen LogP contribution in [0, 0.1) is 12.8 Å². The van der Waals surface area contributed by atoms with Crippen LogP contribution in [-0.4, -0.2) is 50.9 Å². The molecule has 0 aromatic heterocycles. The fraction of sp³-hybridized carbons (Fsp3) is 0.682. The van der Waals surface area contributed by atoms with E-state index in [2.05, 4.69) is 0 Å². The highest BCUT2D eigenvalue weighted by Crippen LogP contribution is 2.41. The first-order valence-electron chi connectivity index (χ1n) is 10.6. The molecule has 1 aromatic rings. The molecule has 0 spiro atoms. The van der Waals surface area contributed by atoms with E-state index in [9.17, 15) is 13.2 Å². The van der Waals surface area contributed by atoms with Crippen LogP contribution in [0.4, 0.5) is 10.5 Å². The molecule has 0 atom stereocenters. The van der Waals surface area contributed by atoms with Gasteiger partial charge >= 0.3 is 6.09 Å². The standard InChI is InChI=1S/C22H33ClN2O4S/c1-15-12-20(25(30(5,27)28)14-16-6-7-16)18(13-19(15)23)17-8-10-24(11-9-17)21(26)29-22(2,3)4/h12-13,16-17H,6-11,14H2,1-5H3. The van der Waals surface area contributed by atoms with Gasteiger partial charge in [-0.25, -0.2) is 13.2 Å². The number of hydrogen-bond donors (Lipinski definition) is 0. The number of piperidine rings is 1. The monoisotopic (exact) mass is 456 g/mol. The minimum absolute atomic E-state index is 0.139. The summed E-state index contributed by atoms with van der Waals surface area (Å²) in [5, 5.41) is 0.642. The predicted octanol–water partition coefficient (Wildman–Crippen LogP) is 4.94. The molecule has 1 aliphatic heterocycles. The number of ether oxygens (including phenoxy) is 1. The van der Waals surface area contributed by atoms with E-state index >= 15 is 0 Å². The third-order valence-corrected chi connectivity index (χ3v) is 7.24. The Bertz CT molecular complexity index is 898. The lowest BCUT2D eigenvalue weighted by molar-refractivity contribution is 0.0205. The van der Waals surface area contributed by atoms with Gasteiger partial charge in [0, 0.05) is 24.7 Å². The zero-order chi connectivity index (χ0) is 22.3. The van der Waals surface area contributed by atoms with Crippen molar-refractivity contribution in [2.24, 2.45) is 5.92 Å². The molecule has 30 heavy (non-hydrogen) atoms. The van der Waals surface area contributed by atoms with Gasteiger partial charge in [-0.15, -0.1) is 0 Å². The minimum atomic E-state index is -3.40. The van der Waals surface area contributed by atoms with E-state index in [1.165, 1.54) is 6.26 Å². The smallest absolute Gasteiger partial charge is 0.410 e. The summed E-state index contributed by atoms with van der Waals surface area (Å²) in [7, 11) is -3.40. The second kappa shape index (κ2) is 8.58. The van der Waals surface area contributed by atoms with Crippen LogP contribution in [0.25, 0.3) is 0 Å². The second-order valence-corrected chi connectivity index (χ2v) is 12.0. The van der Waals surface area contributed by atoms with Gasteiger partial charge in [0.2, 0.25) is 10.0 Å². The number of rotatable bonds is 5. The van der Waals surface area contributed by atoms with Crippen molar-refractivity contribution in [3.8, 4) is 0 Å². The number of nitrogens with zero attached hydrogens (tertiary/aromatic N) is 2. The molecule has 2 aliphatic rings. The van der Waals surface area contributed by atoms with Gasteiger partial charge in [-0.05, 0) is 88.5 Å². The summed E-state index contributed by atoms with van der Waals surface area (Å²) in [5.41, 5.74) is 2.04. The van der Waals surface area contributed by atoms with Gasteiger partial charge in [0.25, 0.3) is 0 Å². The molecule has 3 rings (SSSR count). The number of sulfonamides is 1. The Morgan fingerprint density at radius 3 is 2.30 bits per heavy atom. The maximum atomic E-state index is 12.6. The fourth-order valence-corrected chi connectivity index (χ4v) is 5.04. The molecule has 1 aliphatic carbocycles. The number of amides is 1. The molecular formula is C22H33ClN2O4S. The Labute approximate surface area is 185 Å². The van der Waals surface area contributed by atoms with Gasteiger partial charge in [0.1, 0.15) is 5.60 Å². The SMILES string of the molecule is Cc1cc(N(CC2CC2)S(C)(=O)=O)c(C2CCN(C(=O)OC(C)(C)C)CC2)cc1Cl. The molecule has 0 radical (unpaired) electrons. The Morgan fingerprint density at radius 2 is 1.80 bits per heavy atom. The van der Waals surface area contributed by atoms with Crippen molar-refractivity contribution in [1.29, 1.82) is 0 Å². The summed E-state index contributed by atoms with van der Waals surface area (Å²) in [6.45, 7) is 9.15. The molecule has 0 bridgehead atoms. The van der Waals surface area contributed by atoms with Crippen molar-refractivity contribution in [3.05, 3.63) is 28.3 Å². The zero-order valence-corrected chi connectivity index (χ0v) is 20.1. The number of aryl methyl sites for hydroxylation is 1. The van der Waals surface area contributed by atoms with E-state index in [-0.39, 0.29) is 12.0 Å². The van der Waals surface area contributed by atoms with Crippen molar-refractivity contribution >= 4 is 33.4 Å². The number of hydrogen-bond acceptors (Lipinski definition) is 4. The highest BCUT2D eigenvalue weighted by atomic mass is 35.5. The number of carbonyl (C=O) groups is 1. The van der Waals surface area contributed by atoms with Crippen molar-refractivity contribution in [2.75, 3.05) is 30.2 Å². The van der Waals surface area contributed by atoms with E-state index in [1.54, 1.807) is 9.21 Å². The molecular weight excluding hydrogens is 424 g/mol. The first kappa shape index (κ1) is 23.2. The predicted molar refractivity (Wildman–Crippen MR) is 121 cm³/mol. The summed E-state index contributed by atoms with van der Waals surface area (Å²) >= 11 is 6.44. The molecule has 1 heterocycles. The summed E-state index contributed by atoms with van der Waals surface area (Å²) in [6.07, 6.45) is 4.60. The molecule has 0 N–H and O–H groups in total. The number of benzene rings is 1. The third-order valence-electron chi connectivity index (χ3n) is 5.68. The molecule has 2 fully saturated rings. The van der Waals surface area contributed by atoms with E-state index < -0.39 is 15.6 Å². The van der Waals surface area contributed by atoms with Crippen LogP contribution in [0.15, 0.2) is 12.1 Å². The van der Waals surface area contributed by atoms with Gasteiger partial charge in [0.15, 0.2) is 0 Å². The quantitative estimate of drug-likeness (QED) is 0.629. The Balaban J connectivity index is 1.84. The van der Waals surface area contributed by atoms with Crippen LogP contribution in [0.5, 0.6) is 0 Å². The second-order valence-electron chi connectivity index (χ2n) is 9.64. The van der Waals surface area contributed by atoms with Crippen LogP contribution < -0.4 is 4.31 Å². The molecule has 168 valence electrons. The zero-order valence-electron chi connectivity index (χ0n) is 18.6. The first-order valence-corrected chi connectivity index (χ1v) is 12.8. The van der Waals surface area contributed by atoms with Gasteiger partial charge in [-0.2, -0.15) is 0 Å². The van der Waals surface area contributed by atoms with Crippen molar-refractivity contribution < 1.29 is 17.9 Å². The average Bonchev–Trinajstić information content (AvgIpc) is 3.44. The maximum absolute atomic E-state index is 12.6. The van der Waals surface area contributed by atoms with Crippen LogP contribution in [0.3, 0.4) is 0 Å². The number of anilines is 1. The average molecular weight is 457 g/mol. The molecule has 1 saturated carbocycles. The summed E-state index contributed by atoms with van der Waals surface area (Å²) in [4.78, 5) is 14.1. The van der Waals surface area contributed by atoms with E-state index in [1.807, 2.05) is 39.8 Å². The minimum Gasteiger partial charge on any atom is -0.444 e. The Hall–Kier alpha value is -1.47. The Kier molecular flexibility index (Phi) is 6.63. The van der Waals surface area contributed by atoms with Crippen LogP contribution in [-0.2, 0) is 14.8 Å². The molecule has 1 aromatic carbocycles. The van der Waals surface area contributed by atoms with Crippen molar-refractivity contribution in [1.82, 2.24) is 4.90 Å². The maximum Gasteiger partial charge on any atom is 0.410 e. The molecule has 8 heteroatoms. The summed E-state index contributed by atoms with van der Waals surface area (Å²) in [5.74, 6) is 0.567. The highest BCUT2D eigenvalue weighted by Gasteiger charge is 2.33. The lowest BCUT2D eigenvalue weighted by Gasteiger charge is -2.35. The van der Waals surface area contributed by atoms with Gasteiger partial charge in [-0.3, -0.25) is 4.31 Å². The largest absolute Gasteiger partial charge is 0.444 e. The number of likely N-dealkylation sites (tertiary alicyclic amines) is 1. The van der Waals surface area contributed by atoms with E-state index in [4.69, 9.17) is 16.3 Å². The first-order chi connectivity index (χ1) is 13.8. The van der Waals surface area contributed by atoms with Crippen LogP contribution in [0.2, 0.25) is 5.02 Å². The van der Waals surface area contributed by atoms with Crippen LogP contribution >= 0.6 is 11.6 Å². The number of carbonyl (C=O) groups excluding carboxylic acids is 1. The Morgan fingerprint density at radius 1 is 1.20 bits per heavy atom. The van der Waals surface area contributed by atoms with Gasteiger partial charge in [0.05, 0.1) is 11.9 Å². The molecule has 6 nitrogen and oxygen atoms in total. The fourth-order valence-electron chi connectivity index (χ4n) is 3.87. The number of halogens is 1. The topological polar surface area (TPSA) is 66.9 Å². The molecule has 0 unspecified atom stereocenters.